The van der Waals surface area contributed by atoms with E-state index < -0.39 is 78.0 Å². The van der Waals surface area contributed by atoms with Crippen LogP contribution in [0.15, 0.2) is 30.3 Å². The quantitative estimate of drug-likeness (QED) is 0.0758. The Bertz CT molecular complexity index is 1390. The summed E-state index contributed by atoms with van der Waals surface area (Å²) in [6.07, 6.45) is -6.47. The van der Waals surface area contributed by atoms with Crippen LogP contribution in [0.1, 0.15) is 70.3 Å². The second-order valence-corrected chi connectivity index (χ2v) is 12.1. The molecule has 0 saturated heterocycles. The van der Waals surface area contributed by atoms with Gasteiger partial charge in [0.15, 0.2) is 0 Å². The fourth-order valence-corrected chi connectivity index (χ4v) is 4.50. The summed E-state index contributed by atoms with van der Waals surface area (Å²) < 4.78 is 237. The molecule has 0 fully saturated rings. The van der Waals surface area contributed by atoms with Crippen LogP contribution < -0.4 is 16.0 Å². The molecule has 1 rings (SSSR count). The Morgan fingerprint density at radius 3 is 1.56 bits per heavy atom. The number of unbranched alkanes of at least 4 members (excludes halogenated alkanes) is 6. The molecule has 318 valence electrons. The number of halogens is 17. The highest BCUT2D eigenvalue weighted by molar-refractivity contribution is 5.91. The average molecular weight is 838 g/mol. The van der Waals surface area contributed by atoms with Gasteiger partial charge < -0.3 is 20.7 Å². The van der Waals surface area contributed by atoms with Crippen molar-refractivity contribution in [3.63, 3.8) is 0 Å². The molecule has 3 amide bonds. The second-order valence-electron chi connectivity index (χ2n) is 12.1. The Kier molecular flexibility index (Phi) is 16.9. The molecular formula is C31H36F17N3O4. The summed E-state index contributed by atoms with van der Waals surface area (Å²) in [7, 11) is 0. The lowest BCUT2D eigenvalue weighted by molar-refractivity contribution is -0.459. The third-order valence-electron chi connectivity index (χ3n) is 7.86. The minimum atomic E-state index is -8.85. The van der Waals surface area contributed by atoms with E-state index in [4.69, 9.17) is 4.74 Å². The van der Waals surface area contributed by atoms with Gasteiger partial charge in [0.1, 0.15) is 12.6 Å². The van der Waals surface area contributed by atoms with Gasteiger partial charge in [0.05, 0.1) is 0 Å². The third kappa shape index (κ3) is 11.0. The van der Waals surface area contributed by atoms with E-state index in [1.54, 1.807) is 30.3 Å². The number of nitrogens with one attached hydrogen (secondary N) is 3. The van der Waals surface area contributed by atoms with Crippen molar-refractivity contribution in [1.29, 1.82) is 0 Å². The van der Waals surface area contributed by atoms with E-state index in [9.17, 15) is 89.0 Å². The van der Waals surface area contributed by atoms with Crippen molar-refractivity contribution >= 4 is 17.9 Å². The fraction of sp³-hybridized carbons (Fsp3) is 0.710. The number of ether oxygens (including phenoxy) is 1. The largest absolute Gasteiger partial charge is 0.460 e. The monoisotopic (exact) mass is 837 g/mol. The molecule has 1 aromatic carbocycles. The maximum atomic E-state index is 14.6. The molecule has 0 aromatic heterocycles. The standard InChI is InChI=1S/C31H36F17N3O4/c1-2-3-4-5-6-11-16-49-21(52)20(15-10-12-17-50-23(54)55-18-19-13-8-7-9-14-19)51-22(53)24(32,33)25(34,35)26(36,37)27(38,39)28(40,41)29(42,43)30(44,45)31(46,47)48/h7-9,13-14,20H,2-6,10-12,15-18H2,1H3,(H,49,52)(H,50,54)(H,51,53)/t20-/m0/s1. The van der Waals surface area contributed by atoms with Crippen molar-refractivity contribution in [2.24, 2.45) is 0 Å². The van der Waals surface area contributed by atoms with Gasteiger partial charge in [0.25, 0.3) is 5.91 Å². The summed E-state index contributed by atoms with van der Waals surface area (Å²) in [6.45, 7) is 1.19. The minimum Gasteiger partial charge on any atom is -0.445 e. The molecule has 0 radical (unpaired) electrons. The number of alkyl halides is 17. The Balaban J connectivity index is 3.21. The van der Waals surface area contributed by atoms with Gasteiger partial charge in [-0.3, -0.25) is 9.59 Å². The lowest BCUT2D eigenvalue weighted by atomic mass is 9.88. The van der Waals surface area contributed by atoms with Gasteiger partial charge in [-0.05, 0) is 31.2 Å². The molecule has 0 bridgehead atoms. The van der Waals surface area contributed by atoms with Crippen LogP contribution >= 0.6 is 0 Å². The Morgan fingerprint density at radius 1 is 0.582 bits per heavy atom. The normalized spacial score (nSPS) is 14.3. The van der Waals surface area contributed by atoms with E-state index in [1.807, 2.05) is 6.92 Å². The molecule has 24 heteroatoms. The first-order chi connectivity index (χ1) is 25.0. The fourth-order valence-electron chi connectivity index (χ4n) is 4.50. The third-order valence-corrected chi connectivity index (χ3v) is 7.86. The Labute approximate surface area is 302 Å². The summed E-state index contributed by atoms with van der Waals surface area (Å²) in [5, 5.41) is 5.15. The smallest absolute Gasteiger partial charge is 0.445 e. The molecule has 3 N–H and O–H groups in total. The lowest BCUT2D eigenvalue weighted by Gasteiger charge is -2.42. The maximum absolute atomic E-state index is 14.6. The lowest BCUT2D eigenvalue weighted by Crippen LogP contribution is -2.75. The zero-order chi connectivity index (χ0) is 42.7. The summed E-state index contributed by atoms with van der Waals surface area (Å²) in [6, 6.07) is 5.76. The van der Waals surface area contributed by atoms with E-state index in [-0.39, 0.29) is 39.0 Å². The van der Waals surface area contributed by atoms with Crippen LogP contribution in [0.4, 0.5) is 79.4 Å². The topological polar surface area (TPSA) is 96.5 Å². The number of hydrogen-bond donors (Lipinski definition) is 3. The number of alkyl carbamates (subject to hydrolysis) is 1. The predicted molar refractivity (Wildman–Crippen MR) is 157 cm³/mol. The van der Waals surface area contributed by atoms with Gasteiger partial charge in [-0.2, -0.15) is 74.6 Å². The molecule has 7 nitrogen and oxygen atoms in total. The highest BCUT2D eigenvalue weighted by Gasteiger charge is 2.95. The molecule has 0 aliphatic carbocycles. The highest BCUT2D eigenvalue weighted by Crippen LogP contribution is 2.64. The SMILES string of the molecule is CCCCCCCCNC(=O)[C@H](CCCCNC(=O)OCc1ccccc1)NC(=O)C(F)(F)C(F)(F)C(F)(F)C(F)(F)C(F)(F)C(F)(F)C(F)(F)C(F)(F)F. The molecule has 0 unspecified atom stereocenters. The van der Waals surface area contributed by atoms with Crippen molar-refractivity contribution < 1.29 is 93.8 Å². The number of hydrogen-bond acceptors (Lipinski definition) is 4. The number of carbonyl (C=O) groups excluding carboxylic acids is 3. The zero-order valence-corrected chi connectivity index (χ0v) is 28.5. The number of amides is 3. The number of benzene rings is 1. The van der Waals surface area contributed by atoms with E-state index in [2.05, 4.69) is 10.6 Å². The van der Waals surface area contributed by atoms with Crippen LogP contribution in [0.25, 0.3) is 0 Å². The summed E-state index contributed by atoms with van der Waals surface area (Å²) in [5.41, 5.74) is 0.585. The molecule has 1 aromatic rings. The summed E-state index contributed by atoms with van der Waals surface area (Å²) in [4.78, 5) is 36.8. The van der Waals surface area contributed by atoms with Gasteiger partial charge in [-0.15, -0.1) is 0 Å². The number of carbonyl (C=O) groups is 3. The Hall–Kier alpha value is -3.76. The van der Waals surface area contributed by atoms with E-state index in [0.717, 1.165) is 24.6 Å². The molecule has 0 aliphatic heterocycles. The van der Waals surface area contributed by atoms with Crippen LogP contribution in [-0.2, 0) is 20.9 Å². The van der Waals surface area contributed by atoms with E-state index >= 15 is 0 Å². The van der Waals surface area contributed by atoms with Crippen molar-refractivity contribution in [2.45, 2.75) is 125 Å². The molecule has 55 heavy (non-hydrogen) atoms. The van der Waals surface area contributed by atoms with E-state index in [1.165, 1.54) is 0 Å². The molecule has 0 spiro atoms. The zero-order valence-electron chi connectivity index (χ0n) is 28.5. The van der Waals surface area contributed by atoms with Gasteiger partial charge in [0.2, 0.25) is 5.91 Å². The number of rotatable bonds is 23. The first-order valence-corrected chi connectivity index (χ1v) is 16.2. The van der Waals surface area contributed by atoms with Crippen molar-refractivity contribution in [3.8, 4) is 0 Å². The molecule has 0 aliphatic rings. The Morgan fingerprint density at radius 2 is 1.04 bits per heavy atom. The molecule has 0 heterocycles. The van der Waals surface area contributed by atoms with Gasteiger partial charge in [-0.1, -0.05) is 69.4 Å². The van der Waals surface area contributed by atoms with Crippen LogP contribution in [0, 0.1) is 0 Å². The van der Waals surface area contributed by atoms with E-state index in [0.29, 0.717) is 18.4 Å². The maximum Gasteiger partial charge on any atom is 0.460 e. The summed E-state index contributed by atoms with van der Waals surface area (Å²) in [5.74, 6) is -64.2. The molecule has 0 saturated carbocycles. The van der Waals surface area contributed by atoms with Gasteiger partial charge in [0, 0.05) is 13.1 Å². The first kappa shape index (κ1) is 49.3. The van der Waals surface area contributed by atoms with Crippen molar-refractivity contribution in [2.75, 3.05) is 13.1 Å². The van der Waals surface area contributed by atoms with Gasteiger partial charge >= 0.3 is 53.7 Å². The molecular weight excluding hydrogens is 801 g/mol. The van der Waals surface area contributed by atoms with Crippen LogP contribution in [-0.4, -0.2) is 84.7 Å². The highest BCUT2D eigenvalue weighted by atomic mass is 19.4. The average Bonchev–Trinajstić information content (AvgIpc) is 3.08. The molecule has 1 atom stereocenters. The van der Waals surface area contributed by atoms with Crippen LogP contribution in [0.2, 0.25) is 0 Å². The van der Waals surface area contributed by atoms with Gasteiger partial charge in [-0.25, -0.2) is 4.79 Å². The summed E-state index contributed by atoms with van der Waals surface area (Å²) >= 11 is 0. The van der Waals surface area contributed by atoms with Crippen LogP contribution in [0.3, 0.4) is 0 Å². The van der Waals surface area contributed by atoms with Crippen molar-refractivity contribution in [3.05, 3.63) is 35.9 Å². The van der Waals surface area contributed by atoms with Crippen molar-refractivity contribution in [1.82, 2.24) is 16.0 Å². The van der Waals surface area contributed by atoms with Crippen LogP contribution in [0.5, 0.6) is 0 Å². The second kappa shape index (κ2) is 18.9. The predicted octanol–water partition coefficient (Wildman–Crippen LogP) is 9.05. The minimum absolute atomic E-state index is 0.177. The first-order valence-electron chi connectivity index (χ1n) is 16.2.